The minimum absolute atomic E-state index is 0.731. The first-order chi connectivity index (χ1) is 10.3. The second-order valence-electron chi connectivity index (χ2n) is 6.22. The van der Waals surface area contributed by atoms with E-state index >= 15 is 0 Å². The molecular weight excluding hydrogens is 262 g/mol. The smallest absolute Gasteiger partial charge is 0.119 e. The van der Waals surface area contributed by atoms with E-state index < -0.39 is 0 Å². The zero-order chi connectivity index (χ0) is 14.5. The lowest BCUT2D eigenvalue weighted by Crippen LogP contribution is -2.49. The van der Waals surface area contributed by atoms with E-state index in [2.05, 4.69) is 33.3 Å². The fourth-order valence-corrected chi connectivity index (χ4v) is 3.38. The fourth-order valence-electron chi connectivity index (χ4n) is 3.38. The van der Waals surface area contributed by atoms with Crippen molar-refractivity contribution in [3.05, 3.63) is 29.8 Å². The number of rotatable bonds is 5. The van der Waals surface area contributed by atoms with Crippen LogP contribution in [-0.2, 0) is 6.54 Å². The predicted octanol–water partition coefficient (Wildman–Crippen LogP) is 1.56. The third-order valence-corrected chi connectivity index (χ3v) is 4.65. The summed E-state index contributed by atoms with van der Waals surface area (Å²) in [6.45, 7) is 8.21. The van der Waals surface area contributed by atoms with E-state index in [1.54, 1.807) is 7.11 Å². The lowest BCUT2D eigenvalue weighted by molar-refractivity contribution is 0.120. The van der Waals surface area contributed by atoms with Crippen molar-refractivity contribution in [2.75, 3.05) is 46.4 Å². The van der Waals surface area contributed by atoms with Crippen LogP contribution in [0, 0.1) is 0 Å². The number of methoxy groups -OCH3 is 1. The predicted molar refractivity (Wildman–Crippen MR) is 85.7 cm³/mol. The van der Waals surface area contributed by atoms with Crippen molar-refractivity contribution in [1.29, 1.82) is 0 Å². The highest BCUT2D eigenvalue weighted by Crippen LogP contribution is 2.16. The molecule has 21 heavy (non-hydrogen) atoms. The summed E-state index contributed by atoms with van der Waals surface area (Å²) in [4.78, 5) is 5.17. The van der Waals surface area contributed by atoms with Gasteiger partial charge in [-0.3, -0.25) is 9.80 Å². The molecule has 0 aromatic heterocycles. The summed E-state index contributed by atoms with van der Waals surface area (Å²) >= 11 is 0. The molecule has 1 aromatic carbocycles. The van der Waals surface area contributed by atoms with Crippen LogP contribution in [0.25, 0.3) is 0 Å². The molecule has 2 aliphatic rings. The number of hydrogen-bond donors (Lipinski definition) is 1. The monoisotopic (exact) mass is 289 g/mol. The molecule has 1 aromatic rings. The van der Waals surface area contributed by atoms with Crippen molar-refractivity contribution in [3.63, 3.8) is 0 Å². The number of hydrogen-bond acceptors (Lipinski definition) is 4. The molecule has 2 heterocycles. The second-order valence-corrected chi connectivity index (χ2v) is 6.22. The van der Waals surface area contributed by atoms with Gasteiger partial charge in [0.2, 0.25) is 0 Å². The molecule has 0 amide bonds. The Hall–Kier alpha value is -1.10. The van der Waals surface area contributed by atoms with E-state index in [9.17, 15) is 0 Å². The van der Waals surface area contributed by atoms with Crippen LogP contribution in [-0.4, -0.2) is 62.2 Å². The molecule has 2 fully saturated rings. The summed E-state index contributed by atoms with van der Waals surface area (Å²) < 4.78 is 5.30. The zero-order valence-electron chi connectivity index (χ0n) is 13.1. The highest BCUT2D eigenvalue weighted by Gasteiger charge is 2.21. The van der Waals surface area contributed by atoms with E-state index in [1.165, 1.54) is 57.7 Å². The van der Waals surface area contributed by atoms with Gasteiger partial charge in [0, 0.05) is 45.3 Å². The molecule has 1 atom stereocenters. The van der Waals surface area contributed by atoms with Gasteiger partial charge < -0.3 is 10.1 Å². The Morgan fingerprint density at radius 1 is 1.19 bits per heavy atom. The van der Waals surface area contributed by atoms with Crippen LogP contribution < -0.4 is 10.1 Å². The fraction of sp³-hybridized carbons (Fsp3) is 0.647. The van der Waals surface area contributed by atoms with Crippen molar-refractivity contribution >= 4 is 0 Å². The number of ether oxygens (including phenoxy) is 1. The Morgan fingerprint density at radius 3 is 2.71 bits per heavy atom. The summed E-state index contributed by atoms with van der Waals surface area (Å²) in [5.74, 6) is 0.957. The Kier molecular flexibility index (Phi) is 5.12. The number of piperazine rings is 1. The summed E-state index contributed by atoms with van der Waals surface area (Å²) in [7, 11) is 1.73. The quantitative estimate of drug-likeness (QED) is 0.890. The first kappa shape index (κ1) is 14.8. The van der Waals surface area contributed by atoms with Gasteiger partial charge in [0.25, 0.3) is 0 Å². The first-order valence-electron chi connectivity index (χ1n) is 8.14. The van der Waals surface area contributed by atoms with Crippen LogP contribution in [0.3, 0.4) is 0 Å². The molecule has 4 heteroatoms. The van der Waals surface area contributed by atoms with Crippen LogP contribution in [0.4, 0.5) is 0 Å². The molecule has 0 spiro atoms. The molecule has 0 radical (unpaired) electrons. The van der Waals surface area contributed by atoms with Crippen LogP contribution in [0.5, 0.6) is 5.75 Å². The SMILES string of the molecule is COc1cccc(CN2CCN(CC3CCCN3)CC2)c1. The highest BCUT2D eigenvalue weighted by molar-refractivity contribution is 5.28. The number of nitrogens with zero attached hydrogens (tertiary/aromatic N) is 2. The van der Waals surface area contributed by atoms with Crippen molar-refractivity contribution in [1.82, 2.24) is 15.1 Å². The van der Waals surface area contributed by atoms with E-state index in [-0.39, 0.29) is 0 Å². The number of nitrogens with one attached hydrogen (secondary N) is 1. The Balaban J connectivity index is 1.44. The van der Waals surface area contributed by atoms with E-state index in [4.69, 9.17) is 4.74 Å². The van der Waals surface area contributed by atoms with Crippen LogP contribution >= 0.6 is 0 Å². The minimum Gasteiger partial charge on any atom is -0.497 e. The normalized spacial score (nSPS) is 24.3. The molecule has 116 valence electrons. The van der Waals surface area contributed by atoms with Crippen molar-refractivity contribution in [2.45, 2.75) is 25.4 Å². The maximum atomic E-state index is 5.30. The van der Waals surface area contributed by atoms with Crippen molar-refractivity contribution in [2.24, 2.45) is 0 Å². The van der Waals surface area contributed by atoms with Gasteiger partial charge in [-0.1, -0.05) is 12.1 Å². The lowest BCUT2D eigenvalue weighted by Gasteiger charge is -2.36. The Bertz CT molecular complexity index is 437. The summed E-state index contributed by atoms with van der Waals surface area (Å²) in [5.41, 5.74) is 1.35. The van der Waals surface area contributed by atoms with Crippen molar-refractivity contribution in [3.8, 4) is 5.75 Å². The van der Waals surface area contributed by atoms with Gasteiger partial charge in [0.1, 0.15) is 5.75 Å². The van der Waals surface area contributed by atoms with Crippen LogP contribution in [0.1, 0.15) is 18.4 Å². The molecule has 3 rings (SSSR count). The van der Waals surface area contributed by atoms with Gasteiger partial charge >= 0.3 is 0 Å². The molecular formula is C17H27N3O. The summed E-state index contributed by atoms with van der Waals surface area (Å²) in [5, 5.41) is 3.60. The average molecular weight is 289 g/mol. The van der Waals surface area contributed by atoms with Gasteiger partial charge in [0.05, 0.1) is 7.11 Å². The molecule has 2 saturated heterocycles. The minimum atomic E-state index is 0.731. The van der Waals surface area contributed by atoms with E-state index in [0.29, 0.717) is 0 Å². The van der Waals surface area contributed by atoms with Gasteiger partial charge in [-0.2, -0.15) is 0 Å². The second kappa shape index (κ2) is 7.25. The third-order valence-electron chi connectivity index (χ3n) is 4.65. The topological polar surface area (TPSA) is 27.7 Å². The zero-order valence-corrected chi connectivity index (χ0v) is 13.1. The standard InChI is InChI=1S/C17H27N3O/c1-21-17-6-2-4-15(12-17)13-19-8-10-20(11-9-19)14-16-5-3-7-18-16/h2,4,6,12,16,18H,3,5,7-11,13-14H2,1H3. The third kappa shape index (κ3) is 4.19. The van der Waals surface area contributed by atoms with Gasteiger partial charge in [-0.25, -0.2) is 0 Å². The molecule has 1 unspecified atom stereocenters. The largest absolute Gasteiger partial charge is 0.497 e. The van der Waals surface area contributed by atoms with Gasteiger partial charge in [-0.15, -0.1) is 0 Å². The summed E-state index contributed by atoms with van der Waals surface area (Å²) in [6, 6.07) is 9.16. The molecule has 1 N–H and O–H groups in total. The molecule has 4 nitrogen and oxygen atoms in total. The maximum absolute atomic E-state index is 5.30. The summed E-state index contributed by atoms with van der Waals surface area (Å²) in [6.07, 6.45) is 2.70. The molecule has 0 aliphatic carbocycles. The molecule has 2 aliphatic heterocycles. The van der Waals surface area contributed by atoms with Gasteiger partial charge in [0.15, 0.2) is 0 Å². The maximum Gasteiger partial charge on any atom is 0.119 e. The van der Waals surface area contributed by atoms with Crippen LogP contribution in [0.2, 0.25) is 0 Å². The Labute approximate surface area is 128 Å². The van der Waals surface area contributed by atoms with Crippen LogP contribution in [0.15, 0.2) is 24.3 Å². The van der Waals surface area contributed by atoms with E-state index in [0.717, 1.165) is 18.3 Å². The Morgan fingerprint density at radius 2 is 2.00 bits per heavy atom. The molecule has 0 saturated carbocycles. The average Bonchev–Trinajstić information content (AvgIpc) is 3.02. The van der Waals surface area contributed by atoms with E-state index in [1.807, 2.05) is 6.07 Å². The van der Waals surface area contributed by atoms with Gasteiger partial charge in [-0.05, 0) is 37.1 Å². The first-order valence-corrected chi connectivity index (χ1v) is 8.14. The highest BCUT2D eigenvalue weighted by atomic mass is 16.5. The number of benzene rings is 1. The lowest BCUT2D eigenvalue weighted by atomic mass is 10.1. The molecule has 0 bridgehead atoms. The van der Waals surface area contributed by atoms with Crippen molar-refractivity contribution < 1.29 is 4.74 Å².